The number of hydrogen-bond donors (Lipinski definition) is 1. The smallest absolute Gasteiger partial charge is 0.297 e. The Labute approximate surface area is 152 Å². The number of nitrogens with zero attached hydrogens (tertiary/aromatic N) is 1. The zero-order chi connectivity index (χ0) is 18.5. The van der Waals surface area contributed by atoms with Crippen molar-refractivity contribution in [2.24, 2.45) is 0 Å². The van der Waals surface area contributed by atoms with Crippen LogP contribution >= 0.6 is 0 Å². The number of rotatable bonds is 7. The monoisotopic (exact) mass is 353 g/mol. The Morgan fingerprint density at radius 2 is 1.88 bits per heavy atom. The number of methoxy groups -OCH3 is 1. The van der Waals surface area contributed by atoms with Gasteiger partial charge in [0.15, 0.2) is 5.75 Å². The lowest BCUT2D eigenvalue weighted by Crippen LogP contribution is -2.21. The van der Waals surface area contributed by atoms with E-state index < -0.39 is 5.56 Å². The Kier molecular flexibility index (Phi) is 5.46. The van der Waals surface area contributed by atoms with Crippen molar-refractivity contribution in [1.29, 1.82) is 0 Å². The van der Waals surface area contributed by atoms with Gasteiger partial charge in [0, 0.05) is 18.0 Å². The first-order chi connectivity index (χ1) is 12.7. The number of aromatic nitrogens is 1. The molecule has 0 aliphatic rings. The van der Waals surface area contributed by atoms with E-state index in [9.17, 15) is 9.90 Å². The van der Waals surface area contributed by atoms with Gasteiger partial charge in [-0.15, -0.1) is 0 Å². The van der Waals surface area contributed by atoms with E-state index in [1.807, 2.05) is 48.5 Å². The van der Waals surface area contributed by atoms with Crippen LogP contribution in [0.1, 0.15) is 25.3 Å². The summed E-state index contributed by atoms with van der Waals surface area (Å²) in [6.45, 7) is 3.04. The molecule has 2 aromatic carbocycles. The van der Waals surface area contributed by atoms with Gasteiger partial charge < -0.3 is 19.1 Å². The van der Waals surface area contributed by atoms with Crippen LogP contribution in [0.5, 0.6) is 17.2 Å². The summed E-state index contributed by atoms with van der Waals surface area (Å²) in [6, 6.07) is 15.4. The maximum atomic E-state index is 12.6. The second-order valence-corrected chi connectivity index (χ2v) is 6.15. The maximum absolute atomic E-state index is 12.6. The molecule has 0 radical (unpaired) electrons. The van der Waals surface area contributed by atoms with Crippen molar-refractivity contribution in [2.45, 2.75) is 32.9 Å². The first kappa shape index (κ1) is 17.9. The van der Waals surface area contributed by atoms with Crippen LogP contribution in [0.2, 0.25) is 0 Å². The predicted octanol–water partition coefficient (Wildman–Crippen LogP) is 4.09. The SMILES string of the molecule is CCCCn1c(=O)c(O)c(OC)c2ccc(OCc3ccccc3)cc21. The van der Waals surface area contributed by atoms with Gasteiger partial charge in [0.1, 0.15) is 12.4 Å². The minimum absolute atomic E-state index is 0.201. The van der Waals surface area contributed by atoms with Crippen LogP contribution in [0.4, 0.5) is 0 Å². The zero-order valence-corrected chi connectivity index (χ0v) is 15.1. The molecule has 0 saturated carbocycles. The Morgan fingerprint density at radius 3 is 2.58 bits per heavy atom. The summed E-state index contributed by atoms with van der Waals surface area (Å²) in [7, 11) is 1.45. The fraction of sp³-hybridized carbons (Fsp3) is 0.286. The van der Waals surface area contributed by atoms with Gasteiger partial charge in [-0.1, -0.05) is 43.7 Å². The second-order valence-electron chi connectivity index (χ2n) is 6.15. The van der Waals surface area contributed by atoms with E-state index in [1.54, 1.807) is 4.57 Å². The van der Waals surface area contributed by atoms with Crippen LogP contribution in [0, 0.1) is 0 Å². The molecule has 3 rings (SSSR count). The number of fused-ring (bicyclic) bond motifs is 1. The molecule has 136 valence electrons. The molecule has 5 heteroatoms. The summed E-state index contributed by atoms with van der Waals surface area (Å²) in [5, 5.41) is 10.9. The summed E-state index contributed by atoms with van der Waals surface area (Å²) in [5.74, 6) is 0.514. The van der Waals surface area contributed by atoms with Crippen LogP contribution in [-0.2, 0) is 13.2 Å². The Morgan fingerprint density at radius 1 is 1.12 bits per heavy atom. The Bertz CT molecular complexity index is 948. The Balaban J connectivity index is 2.03. The van der Waals surface area contributed by atoms with E-state index in [4.69, 9.17) is 9.47 Å². The highest BCUT2D eigenvalue weighted by atomic mass is 16.5. The second kappa shape index (κ2) is 7.95. The van der Waals surface area contributed by atoms with Crippen molar-refractivity contribution in [2.75, 3.05) is 7.11 Å². The molecule has 0 spiro atoms. The first-order valence-electron chi connectivity index (χ1n) is 8.76. The van der Waals surface area contributed by atoms with Crippen molar-refractivity contribution in [1.82, 2.24) is 4.57 Å². The summed E-state index contributed by atoms with van der Waals surface area (Å²) < 4.78 is 12.7. The fourth-order valence-corrected chi connectivity index (χ4v) is 2.96. The van der Waals surface area contributed by atoms with Crippen molar-refractivity contribution in [3.8, 4) is 17.2 Å². The molecule has 26 heavy (non-hydrogen) atoms. The number of aromatic hydroxyl groups is 1. The largest absolute Gasteiger partial charge is 0.500 e. The third kappa shape index (κ3) is 3.52. The van der Waals surface area contributed by atoms with E-state index >= 15 is 0 Å². The van der Waals surface area contributed by atoms with Gasteiger partial charge in [-0.25, -0.2) is 0 Å². The molecule has 0 atom stereocenters. The highest BCUT2D eigenvalue weighted by Crippen LogP contribution is 2.33. The molecule has 5 nitrogen and oxygen atoms in total. The minimum Gasteiger partial charge on any atom is -0.500 e. The van der Waals surface area contributed by atoms with E-state index in [-0.39, 0.29) is 11.5 Å². The molecular weight excluding hydrogens is 330 g/mol. The van der Waals surface area contributed by atoms with Crippen molar-refractivity contribution in [3.05, 3.63) is 64.4 Å². The summed E-state index contributed by atoms with van der Waals surface area (Å²) in [6.07, 6.45) is 1.79. The minimum atomic E-state index is -0.442. The predicted molar refractivity (Wildman–Crippen MR) is 102 cm³/mol. The van der Waals surface area contributed by atoms with Gasteiger partial charge in [0.25, 0.3) is 5.56 Å². The van der Waals surface area contributed by atoms with Crippen molar-refractivity contribution < 1.29 is 14.6 Å². The molecule has 3 aromatic rings. The number of benzene rings is 2. The third-order valence-corrected chi connectivity index (χ3v) is 4.36. The number of hydrogen-bond acceptors (Lipinski definition) is 4. The lowest BCUT2D eigenvalue weighted by Gasteiger charge is -2.15. The number of ether oxygens (including phenoxy) is 2. The average Bonchev–Trinajstić information content (AvgIpc) is 2.68. The summed E-state index contributed by atoms with van der Waals surface area (Å²) in [4.78, 5) is 12.6. The van der Waals surface area contributed by atoms with Gasteiger partial charge in [0.2, 0.25) is 5.75 Å². The molecule has 1 heterocycles. The van der Waals surface area contributed by atoms with Crippen LogP contribution in [0.3, 0.4) is 0 Å². The van der Waals surface area contributed by atoms with Crippen molar-refractivity contribution in [3.63, 3.8) is 0 Å². The highest BCUT2D eigenvalue weighted by Gasteiger charge is 2.17. The van der Waals surface area contributed by atoms with Crippen LogP contribution in [0.15, 0.2) is 53.3 Å². The first-order valence-corrected chi connectivity index (χ1v) is 8.76. The van der Waals surface area contributed by atoms with Crippen molar-refractivity contribution >= 4 is 10.9 Å². The molecule has 0 aliphatic heterocycles. The zero-order valence-electron chi connectivity index (χ0n) is 15.1. The quantitative estimate of drug-likeness (QED) is 0.695. The van der Waals surface area contributed by atoms with Gasteiger partial charge in [-0.3, -0.25) is 4.79 Å². The van der Waals surface area contributed by atoms with E-state index in [1.165, 1.54) is 7.11 Å². The highest BCUT2D eigenvalue weighted by molar-refractivity contribution is 5.88. The average molecular weight is 353 g/mol. The van der Waals surface area contributed by atoms with E-state index in [2.05, 4.69) is 6.92 Å². The molecule has 0 aliphatic carbocycles. The Hall–Kier alpha value is -2.95. The lowest BCUT2D eigenvalue weighted by molar-refractivity contribution is 0.306. The van der Waals surface area contributed by atoms with Crippen LogP contribution in [0.25, 0.3) is 10.9 Å². The van der Waals surface area contributed by atoms with Crippen LogP contribution in [-0.4, -0.2) is 16.8 Å². The molecule has 0 bridgehead atoms. The van der Waals surface area contributed by atoms with Gasteiger partial charge >= 0.3 is 0 Å². The third-order valence-electron chi connectivity index (χ3n) is 4.36. The van der Waals surface area contributed by atoms with Gasteiger partial charge in [0.05, 0.1) is 12.6 Å². The topological polar surface area (TPSA) is 60.7 Å². The summed E-state index contributed by atoms with van der Waals surface area (Å²) in [5.41, 5.74) is 1.32. The van der Waals surface area contributed by atoms with Gasteiger partial charge in [-0.2, -0.15) is 0 Å². The molecule has 0 fully saturated rings. The normalized spacial score (nSPS) is 10.8. The lowest BCUT2D eigenvalue weighted by atomic mass is 10.1. The maximum Gasteiger partial charge on any atom is 0.297 e. The molecule has 0 amide bonds. The van der Waals surface area contributed by atoms with E-state index in [0.29, 0.717) is 29.8 Å². The number of pyridine rings is 1. The molecular formula is C21H23NO4. The molecule has 1 N–H and O–H groups in total. The molecule has 0 saturated heterocycles. The summed E-state index contributed by atoms with van der Waals surface area (Å²) >= 11 is 0. The molecule has 0 unspecified atom stereocenters. The van der Waals surface area contributed by atoms with E-state index in [0.717, 1.165) is 18.4 Å². The fourth-order valence-electron chi connectivity index (χ4n) is 2.96. The number of aryl methyl sites for hydroxylation is 1. The van der Waals surface area contributed by atoms with Gasteiger partial charge in [-0.05, 0) is 24.1 Å². The standard InChI is InChI=1S/C21H23NO4/c1-3-4-12-22-18-13-16(26-14-15-8-6-5-7-9-15)10-11-17(18)20(25-2)19(23)21(22)24/h5-11,13,23H,3-4,12,14H2,1-2H3. The van der Waals surface area contributed by atoms with Crippen LogP contribution < -0.4 is 15.0 Å². The molecule has 1 aromatic heterocycles. The number of unbranched alkanes of at least 4 members (excludes halogenated alkanes) is 1.